The van der Waals surface area contributed by atoms with E-state index in [-0.39, 0.29) is 16.1 Å². The topological polar surface area (TPSA) is 85.4 Å². The number of sulfonamides is 1. The number of carbonyl (C=O) groups excluding carboxylic acids is 1. The van der Waals surface area contributed by atoms with Gasteiger partial charge in [0.25, 0.3) is 10.0 Å². The predicted octanol–water partition coefficient (Wildman–Crippen LogP) is 2.84. The third-order valence-corrected chi connectivity index (χ3v) is 4.06. The second kappa shape index (κ2) is 6.37. The van der Waals surface area contributed by atoms with Crippen molar-refractivity contribution in [1.29, 1.82) is 0 Å². The maximum absolute atomic E-state index is 12.2. The molecule has 0 aliphatic carbocycles. The van der Waals surface area contributed by atoms with E-state index in [4.69, 9.17) is 4.74 Å². The van der Waals surface area contributed by atoms with Gasteiger partial charge in [-0.25, -0.2) is 13.2 Å². The van der Waals surface area contributed by atoms with Crippen LogP contribution in [0.25, 0.3) is 0 Å². The highest BCUT2D eigenvalue weighted by molar-refractivity contribution is 7.92. The second-order valence-electron chi connectivity index (χ2n) is 5.88. The van der Waals surface area contributed by atoms with Gasteiger partial charge >= 0.3 is 5.97 Å². The minimum atomic E-state index is -3.76. The molecule has 0 bridgehead atoms. The molecule has 2 rings (SSSR count). The number of benzene rings is 1. The van der Waals surface area contributed by atoms with E-state index in [1.54, 1.807) is 39.0 Å². The molecule has 1 aromatic carbocycles. The quantitative estimate of drug-likeness (QED) is 0.869. The fraction of sp³-hybridized carbons (Fsp3) is 0.250. The van der Waals surface area contributed by atoms with Gasteiger partial charge in [-0.1, -0.05) is 6.07 Å². The summed E-state index contributed by atoms with van der Waals surface area (Å²) >= 11 is 0. The van der Waals surface area contributed by atoms with E-state index in [0.29, 0.717) is 0 Å². The molecule has 122 valence electrons. The summed E-state index contributed by atoms with van der Waals surface area (Å²) in [6.45, 7) is 5.29. The fourth-order valence-corrected chi connectivity index (χ4v) is 2.78. The Morgan fingerprint density at radius 2 is 1.91 bits per heavy atom. The molecular weight excluding hydrogens is 316 g/mol. The lowest BCUT2D eigenvalue weighted by molar-refractivity contribution is 0.00695. The summed E-state index contributed by atoms with van der Waals surface area (Å²) in [6, 6.07) is 9.11. The Hall–Kier alpha value is -2.41. The molecule has 1 aromatic heterocycles. The van der Waals surface area contributed by atoms with Gasteiger partial charge in [-0.3, -0.25) is 9.71 Å². The molecule has 0 aliphatic rings. The number of hydrogen-bond acceptors (Lipinski definition) is 5. The van der Waals surface area contributed by atoms with Crippen molar-refractivity contribution in [2.75, 3.05) is 4.72 Å². The van der Waals surface area contributed by atoms with Gasteiger partial charge in [0, 0.05) is 18.1 Å². The molecule has 0 saturated heterocycles. The van der Waals surface area contributed by atoms with Crippen molar-refractivity contribution in [1.82, 2.24) is 4.98 Å². The summed E-state index contributed by atoms with van der Waals surface area (Å²) in [4.78, 5) is 15.9. The van der Waals surface area contributed by atoms with Crippen molar-refractivity contribution in [2.24, 2.45) is 0 Å². The number of rotatable bonds is 4. The zero-order chi connectivity index (χ0) is 17.1. The van der Waals surface area contributed by atoms with E-state index in [1.165, 1.54) is 30.6 Å². The van der Waals surface area contributed by atoms with Crippen LogP contribution in [0, 0.1) is 0 Å². The average molecular weight is 334 g/mol. The third kappa shape index (κ3) is 4.79. The zero-order valence-electron chi connectivity index (χ0n) is 13.1. The normalized spacial score (nSPS) is 11.8. The Bertz CT molecular complexity index is 796. The van der Waals surface area contributed by atoms with Gasteiger partial charge < -0.3 is 4.74 Å². The first-order chi connectivity index (χ1) is 10.7. The number of esters is 1. The molecule has 2 aromatic rings. The van der Waals surface area contributed by atoms with Gasteiger partial charge in [0.1, 0.15) is 10.5 Å². The summed E-state index contributed by atoms with van der Waals surface area (Å²) in [7, 11) is -3.76. The number of carbonyl (C=O) groups is 1. The minimum Gasteiger partial charge on any atom is -0.456 e. The lowest BCUT2D eigenvalue weighted by Crippen LogP contribution is -2.24. The fourth-order valence-electron chi connectivity index (χ4n) is 1.77. The number of pyridine rings is 1. The van der Waals surface area contributed by atoms with E-state index in [0.717, 1.165) is 0 Å². The molecule has 0 fully saturated rings. The first-order valence-corrected chi connectivity index (χ1v) is 8.42. The summed E-state index contributed by atoms with van der Waals surface area (Å²) in [5.74, 6) is -0.514. The van der Waals surface area contributed by atoms with Crippen LogP contribution in [0.3, 0.4) is 0 Å². The molecular formula is C16H18N2O4S. The van der Waals surface area contributed by atoms with Gasteiger partial charge in [0.15, 0.2) is 0 Å². The molecule has 0 aliphatic heterocycles. The minimum absolute atomic E-state index is 0.0441. The number of nitrogens with zero attached hydrogens (tertiary/aromatic N) is 1. The van der Waals surface area contributed by atoms with Crippen molar-refractivity contribution in [3.63, 3.8) is 0 Å². The SMILES string of the molecule is CC(C)(C)OC(=O)c1cccc(NS(=O)(=O)c2cccnc2)c1. The summed E-state index contributed by atoms with van der Waals surface area (Å²) in [5.41, 5.74) is -0.0778. The van der Waals surface area contributed by atoms with E-state index >= 15 is 0 Å². The smallest absolute Gasteiger partial charge is 0.338 e. The van der Waals surface area contributed by atoms with Crippen LogP contribution >= 0.6 is 0 Å². The van der Waals surface area contributed by atoms with E-state index in [1.807, 2.05) is 0 Å². The van der Waals surface area contributed by atoms with E-state index in [2.05, 4.69) is 9.71 Å². The maximum Gasteiger partial charge on any atom is 0.338 e. The number of nitrogens with one attached hydrogen (secondary N) is 1. The van der Waals surface area contributed by atoms with Crippen LogP contribution in [0.15, 0.2) is 53.7 Å². The highest BCUT2D eigenvalue weighted by atomic mass is 32.2. The van der Waals surface area contributed by atoms with Crippen LogP contribution < -0.4 is 4.72 Å². The highest BCUT2D eigenvalue weighted by Gasteiger charge is 2.19. The highest BCUT2D eigenvalue weighted by Crippen LogP contribution is 2.18. The lowest BCUT2D eigenvalue weighted by atomic mass is 10.1. The van der Waals surface area contributed by atoms with Crippen molar-refractivity contribution < 1.29 is 17.9 Å². The number of aromatic nitrogens is 1. The molecule has 23 heavy (non-hydrogen) atoms. The summed E-state index contributed by atoms with van der Waals surface area (Å²) < 4.78 is 32.2. The average Bonchev–Trinajstić information content (AvgIpc) is 2.46. The molecule has 6 nitrogen and oxygen atoms in total. The molecule has 0 radical (unpaired) electrons. The van der Waals surface area contributed by atoms with Crippen LogP contribution in [0.2, 0.25) is 0 Å². The van der Waals surface area contributed by atoms with Gasteiger partial charge in [-0.05, 0) is 51.1 Å². The Morgan fingerprint density at radius 3 is 2.52 bits per heavy atom. The van der Waals surface area contributed by atoms with Crippen molar-refractivity contribution >= 4 is 21.7 Å². The van der Waals surface area contributed by atoms with Gasteiger partial charge in [-0.2, -0.15) is 0 Å². The number of hydrogen-bond donors (Lipinski definition) is 1. The van der Waals surface area contributed by atoms with Crippen molar-refractivity contribution in [3.8, 4) is 0 Å². The van der Waals surface area contributed by atoms with E-state index < -0.39 is 21.6 Å². The molecule has 0 amide bonds. The van der Waals surface area contributed by atoms with E-state index in [9.17, 15) is 13.2 Å². The van der Waals surface area contributed by atoms with Crippen molar-refractivity contribution in [2.45, 2.75) is 31.3 Å². The number of ether oxygens (including phenoxy) is 1. The standard InChI is InChI=1S/C16H18N2O4S/c1-16(2,3)22-15(19)12-6-4-7-13(10-12)18-23(20,21)14-8-5-9-17-11-14/h4-11,18H,1-3H3. The lowest BCUT2D eigenvalue weighted by Gasteiger charge is -2.19. The maximum atomic E-state index is 12.2. The Labute approximate surface area is 135 Å². The monoisotopic (exact) mass is 334 g/mol. The van der Waals surface area contributed by atoms with Crippen molar-refractivity contribution in [3.05, 3.63) is 54.4 Å². The third-order valence-electron chi connectivity index (χ3n) is 2.69. The Morgan fingerprint density at radius 1 is 1.17 bits per heavy atom. The molecule has 0 atom stereocenters. The summed E-state index contributed by atoms with van der Waals surface area (Å²) in [5, 5.41) is 0. The van der Waals surface area contributed by atoms with Crippen LogP contribution in [0.4, 0.5) is 5.69 Å². The van der Waals surface area contributed by atoms with Crippen LogP contribution in [0.1, 0.15) is 31.1 Å². The van der Waals surface area contributed by atoms with Crippen LogP contribution in [-0.2, 0) is 14.8 Å². The van der Waals surface area contributed by atoms with Crippen LogP contribution in [-0.4, -0.2) is 25.0 Å². The molecule has 0 unspecified atom stereocenters. The largest absolute Gasteiger partial charge is 0.456 e. The molecule has 1 heterocycles. The first-order valence-electron chi connectivity index (χ1n) is 6.94. The zero-order valence-corrected chi connectivity index (χ0v) is 13.9. The molecule has 0 saturated carbocycles. The molecule has 0 spiro atoms. The predicted molar refractivity (Wildman–Crippen MR) is 86.7 cm³/mol. The van der Waals surface area contributed by atoms with Gasteiger partial charge in [0.05, 0.1) is 5.56 Å². The van der Waals surface area contributed by atoms with Gasteiger partial charge in [-0.15, -0.1) is 0 Å². The first kappa shape index (κ1) is 17.0. The Kier molecular flexibility index (Phi) is 4.70. The molecule has 7 heteroatoms. The van der Waals surface area contributed by atoms with Gasteiger partial charge in [0.2, 0.25) is 0 Å². The van der Waals surface area contributed by atoms with Crippen LogP contribution in [0.5, 0.6) is 0 Å². The number of anilines is 1. The molecule has 1 N–H and O–H groups in total. The summed E-state index contributed by atoms with van der Waals surface area (Å²) in [6.07, 6.45) is 2.74. The Balaban J connectivity index is 2.22. The second-order valence-corrected chi connectivity index (χ2v) is 7.56.